The molecule has 1 aliphatic rings. The summed E-state index contributed by atoms with van der Waals surface area (Å²) >= 11 is 0. The van der Waals surface area contributed by atoms with Crippen molar-refractivity contribution >= 4 is 10.9 Å². The van der Waals surface area contributed by atoms with E-state index in [1.807, 2.05) is 0 Å². The van der Waals surface area contributed by atoms with E-state index in [4.69, 9.17) is 0 Å². The fourth-order valence-corrected chi connectivity index (χ4v) is 3.04. The molecule has 2 nitrogen and oxygen atoms in total. The Morgan fingerprint density at radius 1 is 1.05 bits per heavy atom. The zero-order valence-electron chi connectivity index (χ0n) is 10.9. The number of rotatable bonds is 1. The van der Waals surface area contributed by atoms with Gasteiger partial charge in [0, 0.05) is 23.6 Å². The zero-order chi connectivity index (χ0) is 12.8. The van der Waals surface area contributed by atoms with Crippen LogP contribution in [0.3, 0.4) is 0 Å². The molecule has 0 spiro atoms. The van der Waals surface area contributed by atoms with Gasteiger partial charge in [-0.15, -0.1) is 0 Å². The predicted molar refractivity (Wildman–Crippen MR) is 78.2 cm³/mol. The normalized spacial score (nSPS) is 17.8. The van der Waals surface area contributed by atoms with E-state index in [2.05, 4.69) is 65.9 Å². The molecule has 94 valence electrons. The Labute approximate surface area is 112 Å². The lowest BCUT2D eigenvalue weighted by Crippen LogP contribution is -2.25. The smallest absolute Gasteiger partial charge is 0.0600 e. The molecule has 0 amide bonds. The standard InChI is InChI=1S/C17H16N2/c1-11-5-7-12(8-6-11)17-14-10-18-15-4-2-3-13(9-19-17)16(14)15/h2-8,10,17-19H,9H2,1H3/t17-/m1/s1. The molecular formula is C17H16N2. The molecule has 1 aliphatic heterocycles. The first-order chi connectivity index (χ1) is 9.33. The van der Waals surface area contributed by atoms with Crippen LogP contribution in [0.4, 0.5) is 0 Å². The molecule has 2 N–H and O–H groups in total. The summed E-state index contributed by atoms with van der Waals surface area (Å²) in [7, 11) is 0. The molecule has 0 unspecified atom stereocenters. The third-order valence-electron chi connectivity index (χ3n) is 4.04. The van der Waals surface area contributed by atoms with Crippen molar-refractivity contribution in [3.8, 4) is 0 Å². The third kappa shape index (κ3) is 1.60. The summed E-state index contributed by atoms with van der Waals surface area (Å²) in [6.45, 7) is 3.06. The van der Waals surface area contributed by atoms with Gasteiger partial charge in [0.1, 0.15) is 0 Å². The van der Waals surface area contributed by atoms with E-state index in [0.29, 0.717) is 6.04 Å². The first kappa shape index (κ1) is 10.8. The molecule has 1 atom stereocenters. The maximum absolute atomic E-state index is 3.64. The Balaban J connectivity index is 1.90. The number of aryl methyl sites for hydroxylation is 1. The van der Waals surface area contributed by atoms with E-state index in [1.165, 1.54) is 33.2 Å². The van der Waals surface area contributed by atoms with Crippen molar-refractivity contribution in [3.63, 3.8) is 0 Å². The van der Waals surface area contributed by atoms with Crippen molar-refractivity contribution in [1.29, 1.82) is 0 Å². The lowest BCUT2D eigenvalue weighted by molar-refractivity contribution is 0.597. The maximum Gasteiger partial charge on any atom is 0.0600 e. The molecule has 2 heterocycles. The Bertz CT molecular complexity index is 738. The Kier molecular flexibility index (Phi) is 2.26. The summed E-state index contributed by atoms with van der Waals surface area (Å²) in [6.07, 6.45) is 2.14. The molecule has 3 aromatic rings. The molecule has 0 bridgehead atoms. The molecule has 0 fully saturated rings. The summed E-state index contributed by atoms with van der Waals surface area (Å²) in [4.78, 5) is 3.39. The number of aromatic amines is 1. The van der Waals surface area contributed by atoms with E-state index < -0.39 is 0 Å². The van der Waals surface area contributed by atoms with Crippen LogP contribution < -0.4 is 5.32 Å². The van der Waals surface area contributed by atoms with Gasteiger partial charge in [0.05, 0.1) is 6.04 Å². The summed E-state index contributed by atoms with van der Waals surface area (Å²) in [5, 5.41) is 5.03. The van der Waals surface area contributed by atoms with Crippen molar-refractivity contribution in [2.75, 3.05) is 0 Å². The molecule has 2 heteroatoms. The summed E-state index contributed by atoms with van der Waals surface area (Å²) in [6, 6.07) is 15.6. The predicted octanol–water partition coefficient (Wildman–Crippen LogP) is 3.67. The number of nitrogens with one attached hydrogen (secondary N) is 2. The number of benzene rings is 2. The Hall–Kier alpha value is -2.06. The zero-order valence-corrected chi connectivity index (χ0v) is 10.9. The van der Waals surface area contributed by atoms with Gasteiger partial charge in [-0.05, 0) is 29.7 Å². The quantitative estimate of drug-likeness (QED) is 0.675. The molecule has 0 radical (unpaired) electrons. The van der Waals surface area contributed by atoms with Gasteiger partial charge in [-0.1, -0.05) is 42.0 Å². The van der Waals surface area contributed by atoms with Gasteiger partial charge in [-0.3, -0.25) is 0 Å². The number of hydrogen-bond donors (Lipinski definition) is 2. The first-order valence-corrected chi connectivity index (χ1v) is 6.72. The highest BCUT2D eigenvalue weighted by Gasteiger charge is 2.23. The Morgan fingerprint density at radius 3 is 2.74 bits per heavy atom. The second kappa shape index (κ2) is 3.97. The van der Waals surface area contributed by atoms with Gasteiger partial charge in [0.15, 0.2) is 0 Å². The third-order valence-corrected chi connectivity index (χ3v) is 4.04. The van der Waals surface area contributed by atoms with Crippen LogP contribution in [0.1, 0.15) is 28.3 Å². The maximum atomic E-state index is 3.64. The van der Waals surface area contributed by atoms with Crippen LogP contribution in [0.5, 0.6) is 0 Å². The molecule has 4 rings (SSSR count). The van der Waals surface area contributed by atoms with Crippen molar-refractivity contribution in [2.24, 2.45) is 0 Å². The van der Waals surface area contributed by atoms with E-state index in [9.17, 15) is 0 Å². The van der Waals surface area contributed by atoms with Crippen LogP contribution >= 0.6 is 0 Å². The SMILES string of the molecule is Cc1ccc([C@H]2NCc3cccc4[nH]cc2c34)cc1. The van der Waals surface area contributed by atoms with Crippen LogP contribution in [0, 0.1) is 6.92 Å². The van der Waals surface area contributed by atoms with E-state index in [0.717, 1.165) is 6.54 Å². The van der Waals surface area contributed by atoms with Crippen LogP contribution in [0.15, 0.2) is 48.7 Å². The molecule has 0 saturated carbocycles. The minimum atomic E-state index is 0.296. The average molecular weight is 248 g/mol. The van der Waals surface area contributed by atoms with Gasteiger partial charge in [0.25, 0.3) is 0 Å². The van der Waals surface area contributed by atoms with Crippen LogP contribution in [-0.4, -0.2) is 4.98 Å². The summed E-state index contributed by atoms with van der Waals surface area (Å²) in [5.74, 6) is 0. The van der Waals surface area contributed by atoms with E-state index >= 15 is 0 Å². The largest absolute Gasteiger partial charge is 0.361 e. The summed E-state index contributed by atoms with van der Waals surface area (Å²) < 4.78 is 0. The molecule has 2 aromatic carbocycles. The highest BCUT2D eigenvalue weighted by atomic mass is 14.9. The first-order valence-electron chi connectivity index (χ1n) is 6.72. The van der Waals surface area contributed by atoms with E-state index in [1.54, 1.807) is 0 Å². The number of aromatic nitrogens is 1. The summed E-state index contributed by atoms with van der Waals surface area (Å²) in [5.41, 5.74) is 6.63. The fraction of sp³-hybridized carbons (Fsp3) is 0.176. The van der Waals surface area contributed by atoms with Gasteiger partial charge in [-0.2, -0.15) is 0 Å². The number of hydrogen-bond acceptors (Lipinski definition) is 1. The topological polar surface area (TPSA) is 27.8 Å². The molecule has 1 aromatic heterocycles. The van der Waals surface area contributed by atoms with Gasteiger partial charge in [0.2, 0.25) is 0 Å². The van der Waals surface area contributed by atoms with E-state index in [-0.39, 0.29) is 0 Å². The second-order valence-electron chi connectivity index (χ2n) is 5.31. The number of H-pyrrole nitrogens is 1. The van der Waals surface area contributed by atoms with Crippen molar-refractivity contribution in [3.05, 3.63) is 70.9 Å². The second-order valence-corrected chi connectivity index (χ2v) is 5.31. The van der Waals surface area contributed by atoms with Gasteiger partial charge < -0.3 is 10.3 Å². The van der Waals surface area contributed by atoms with Crippen LogP contribution in [-0.2, 0) is 6.54 Å². The lowest BCUT2D eigenvalue weighted by atomic mass is 9.92. The highest BCUT2D eigenvalue weighted by Crippen LogP contribution is 2.34. The average Bonchev–Trinajstić information content (AvgIpc) is 2.87. The monoisotopic (exact) mass is 248 g/mol. The van der Waals surface area contributed by atoms with Crippen molar-refractivity contribution < 1.29 is 0 Å². The van der Waals surface area contributed by atoms with Crippen molar-refractivity contribution in [2.45, 2.75) is 19.5 Å². The van der Waals surface area contributed by atoms with Gasteiger partial charge >= 0.3 is 0 Å². The molecule has 0 aliphatic carbocycles. The lowest BCUT2D eigenvalue weighted by Gasteiger charge is -2.24. The van der Waals surface area contributed by atoms with Gasteiger partial charge in [-0.25, -0.2) is 0 Å². The minimum absolute atomic E-state index is 0.296. The molecule has 19 heavy (non-hydrogen) atoms. The van der Waals surface area contributed by atoms with Crippen molar-refractivity contribution in [1.82, 2.24) is 10.3 Å². The minimum Gasteiger partial charge on any atom is -0.361 e. The molecular weight excluding hydrogens is 232 g/mol. The highest BCUT2D eigenvalue weighted by molar-refractivity contribution is 5.88. The Morgan fingerprint density at radius 2 is 1.89 bits per heavy atom. The fourth-order valence-electron chi connectivity index (χ4n) is 3.04. The van der Waals surface area contributed by atoms with Crippen LogP contribution in [0.25, 0.3) is 10.9 Å². The van der Waals surface area contributed by atoms with Crippen LogP contribution in [0.2, 0.25) is 0 Å². The molecule has 0 saturated heterocycles.